The maximum atomic E-state index is 12.6. The minimum Gasteiger partial charge on any atom is -0.466 e. The molecule has 3 N–H and O–H groups in total. The van der Waals surface area contributed by atoms with Gasteiger partial charge >= 0.3 is 5.97 Å². The molecule has 2 atom stereocenters. The highest BCUT2D eigenvalue weighted by molar-refractivity contribution is 5.76. The van der Waals surface area contributed by atoms with E-state index in [0.717, 1.165) is 51.4 Å². The van der Waals surface area contributed by atoms with Gasteiger partial charge in [0.1, 0.15) is 0 Å². The Balaban J connectivity index is 3.37. The van der Waals surface area contributed by atoms with Crippen molar-refractivity contribution in [2.45, 2.75) is 450 Å². The van der Waals surface area contributed by atoms with Gasteiger partial charge in [-0.2, -0.15) is 0 Å². The van der Waals surface area contributed by atoms with Crippen molar-refractivity contribution in [1.82, 2.24) is 5.32 Å². The molecule has 0 aromatic rings. The van der Waals surface area contributed by atoms with Crippen LogP contribution >= 0.6 is 0 Å². The van der Waals surface area contributed by atoms with Crippen LogP contribution in [-0.4, -0.2) is 47.4 Å². The van der Waals surface area contributed by atoms with E-state index >= 15 is 0 Å². The lowest BCUT2D eigenvalue weighted by Gasteiger charge is -2.22. The Labute approximate surface area is 538 Å². The molecule has 6 nitrogen and oxygen atoms in total. The van der Waals surface area contributed by atoms with E-state index < -0.39 is 12.1 Å². The van der Waals surface area contributed by atoms with Gasteiger partial charge in [-0.05, 0) is 83.5 Å². The first kappa shape index (κ1) is 84.1. The number of allylic oxidation sites excluding steroid dienone is 6. The van der Waals surface area contributed by atoms with E-state index in [2.05, 4.69) is 55.6 Å². The number of amides is 1. The molecule has 0 rings (SSSR count). The van der Waals surface area contributed by atoms with Crippen LogP contribution in [-0.2, 0) is 14.3 Å². The van der Waals surface area contributed by atoms with Crippen molar-refractivity contribution < 1.29 is 24.5 Å². The van der Waals surface area contributed by atoms with Crippen LogP contribution in [0.1, 0.15) is 438 Å². The summed E-state index contributed by atoms with van der Waals surface area (Å²) in [5.41, 5.74) is 0. The van der Waals surface area contributed by atoms with Gasteiger partial charge in [0.15, 0.2) is 0 Å². The maximum absolute atomic E-state index is 12.6. The third kappa shape index (κ3) is 71.2. The number of rotatable bonds is 74. The van der Waals surface area contributed by atoms with Crippen LogP contribution in [0.5, 0.6) is 0 Å². The van der Waals surface area contributed by atoms with Gasteiger partial charge < -0.3 is 20.3 Å². The number of nitrogens with one attached hydrogen (secondary N) is 1. The van der Waals surface area contributed by atoms with Crippen LogP contribution in [0.15, 0.2) is 36.5 Å². The first-order valence-electron chi connectivity index (χ1n) is 39.2. The molecule has 0 spiro atoms. The predicted octanol–water partition coefficient (Wildman–Crippen LogP) is 25.8. The lowest BCUT2D eigenvalue weighted by atomic mass is 10.0. The molecule has 0 bridgehead atoms. The molecular formula is C80H153NO5. The highest BCUT2D eigenvalue weighted by Crippen LogP contribution is 2.19. The summed E-state index contributed by atoms with van der Waals surface area (Å²) in [4.78, 5) is 24.6. The van der Waals surface area contributed by atoms with Gasteiger partial charge in [0.05, 0.1) is 25.4 Å². The van der Waals surface area contributed by atoms with Crippen LogP contribution < -0.4 is 5.32 Å². The topological polar surface area (TPSA) is 95.9 Å². The summed E-state index contributed by atoms with van der Waals surface area (Å²) in [5, 5.41) is 23.4. The standard InChI is InChI=1S/C80H153NO5/c1-3-5-7-9-11-13-15-17-19-20-21-39-42-45-48-52-56-60-64-68-72-78(83)77(76-82)81-79(84)73-69-65-61-57-53-49-46-43-40-37-35-33-31-29-27-25-23-22-24-26-28-30-32-34-36-38-41-44-47-51-55-59-63-67-71-75-86-80(85)74-70-66-62-58-54-50-18-16-14-12-10-8-6-4-2/h16,18,24,26,30,32,77-78,82-83H,3-15,17,19-23,25,27-29,31,33-76H2,1-2H3,(H,81,84)/b18-16-,26-24-,32-30-. The quantitative estimate of drug-likeness (QED) is 0.0320. The average Bonchev–Trinajstić information content (AvgIpc) is 3.54. The zero-order chi connectivity index (χ0) is 62.0. The molecule has 1 amide bonds. The van der Waals surface area contributed by atoms with E-state index in [1.165, 1.54) is 353 Å². The van der Waals surface area contributed by atoms with E-state index in [1.54, 1.807) is 0 Å². The van der Waals surface area contributed by atoms with E-state index in [9.17, 15) is 19.8 Å². The van der Waals surface area contributed by atoms with Crippen molar-refractivity contribution in [3.8, 4) is 0 Å². The second kappa shape index (κ2) is 75.5. The van der Waals surface area contributed by atoms with Gasteiger partial charge in [-0.1, -0.05) is 378 Å². The highest BCUT2D eigenvalue weighted by atomic mass is 16.5. The lowest BCUT2D eigenvalue weighted by molar-refractivity contribution is -0.143. The smallest absolute Gasteiger partial charge is 0.305 e. The molecule has 0 saturated heterocycles. The molecule has 508 valence electrons. The largest absolute Gasteiger partial charge is 0.466 e. The fourth-order valence-corrected chi connectivity index (χ4v) is 12.4. The van der Waals surface area contributed by atoms with Crippen LogP contribution in [0.25, 0.3) is 0 Å². The normalized spacial score (nSPS) is 12.7. The number of hydrogen-bond donors (Lipinski definition) is 3. The van der Waals surface area contributed by atoms with Crippen LogP contribution in [0.4, 0.5) is 0 Å². The van der Waals surface area contributed by atoms with E-state index in [1.807, 2.05) is 0 Å². The van der Waals surface area contributed by atoms with Gasteiger partial charge in [0, 0.05) is 12.8 Å². The van der Waals surface area contributed by atoms with Crippen LogP contribution in [0.3, 0.4) is 0 Å². The number of esters is 1. The molecule has 0 fully saturated rings. The van der Waals surface area contributed by atoms with E-state index in [-0.39, 0.29) is 18.5 Å². The van der Waals surface area contributed by atoms with Crippen LogP contribution in [0.2, 0.25) is 0 Å². The van der Waals surface area contributed by atoms with Crippen molar-refractivity contribution in [2.24, 2.45) is 0 Å². The average molecular weight is 1210 g/mol. The monoisotopic (exact) mass is 1210 g/mol. The second-order valence-corrected chi connectivity index (χ2v) is 27.0. The molecule has 0 aromatic heterocycles. The van der Waals surface area contributed by atoms with E-state index in [4.69, 9.17) is 4.74 Å². The predicted molar refractivity (Wildman–Crippen MR) is 379 cm³/mol. The Morgan fingerprint density at radius 3 is 0.895 bits per heavy atom. The van der Waals surface area contributed by atoms with Crippen molar-refractivity contribution in [2.75, 3.05) is 13.2 Å². The molecule has 86 heavy (non-hydrogen) atoms. The number of carbonyl (C=O) groups is 2. The Morgan fingerprint density at radius 2 is 0.581 bits per heavy atom. The minimum atomic E-state index is -0.664. The number of hydrogen-bond acceptors (Lipinski definition) is 5. The summed E-state index contributed by atoms with van der Waals surface area (Å²) in [6.45, 7) is 4.98. The lowest BCUT2D eigenvalue weighted by Crippen LogP contribution is -2.45. The summed E-state index contributed by atoms with van der Waals surface area (Å²) < 4.78 is 5.49. The Kier molecular flexibility index (Phi) is 73.9. The fourth-order valence-electron chi connectivity index (χ4n) is 12.4. The molecule has 0 aliphatic heterocycles. The Bertz CT molecular complexity index is 1390. The number of aliphatic hydroxyl groups is 2. The Morgan fingerprint density at radius 1 is 0.326 bits per heavy atom. The van der Waals surface area contributed by atoms with Gasteiger partial charge in [0.2, 0.25) is 5.91 Å². The first-order chi connectivity index (χ1) is 42.5. The highest BCUT2D eigenvalue weighted by Gasteiger charge is 2.20. The van der Waals surface area contributed by atoms with Crippen molar-refractivity contribution in [3.05, 3.63) is 36.5 Å². The zero-order valence-electron chi connectivity index (χ0n) is 58.3. The number of unbranched alkanes of at least 4 members (excludes halogenated alkanes) is 57. The summed E-state index contributed by atoms with van der Waals surface area (Å²) in [6, 6.07) is -0.541. The maximum Gasteiger partial charge on any atom is 0.305 e. The van der Waals surface area contributed by atoms with Crippen molar-refractivity contribution >= 4 is 11.9 Å². The summed E-state index contributed by atoms with van der Waals surface area (Å²) >= 11 is 0. The third-order valence-corrected chi connectivity index (χ3v) is 18.4. The van der Waals surface area contributed by atoms with Gasteiger partial charge in [-0.15, -0.1) is 0 Å². The molecule has 0 aliphatic rings. The van der Waals surface area contributed by atoms with Crippen molar-refractivity contribution in [3.63, 3.8) is 0 Å². The van der Waals surface area contributed by atoms with Gasteiger partial charge in [-0.25, -0.2) is 0 Å². The molecule has 6 heteroatoms. The first-order valence-corrected chi connectivity index (χ1v) is 39.2. The molecule has 0 saturated carbocycles. The molecule has 0 aliphatic carbocycles. The Hall–Kier alpha value is -1.92. The molecule has 2 unspecified atom stereocenters. The molecule has 0 heterocycles. The summed E-state index contributed by atoms with van der Waals surface area (Å²) in [6.07, 6.45) is 98.0. The molecular weight excluding hydrogens is 1050 g/mol. The minimum absolute atomic E-state index is 0.00883. The van der Waals surface area contributed by atoms with Gasteiger partial charge in [0.25, 0.3) is 0 Å². The summed E-state index contributed by atoms with van der Waals surface area (Å²) in [5.74, 6) is -0.0192. The van der Waals surface area contributed by atoms with E-state index in [0.29, 0.717) is 25.9 Å². The summed E-state index contributed by atoms with van der Waals surface area (Å²) in [7, 11) is 0. The number of aliphatic hydroxyl groups excluding tert-OH is 2. The van der Waals surface area contributed by atoms with Crippen molar-refractivity contribution in [1.29, 1.82) is 0 Å². The van der Waals surface area contributed by atoms with Crippen LogP contribution in [0, 0.1) is 0 Å². The second-order valence-electron chi connectivity index (χ2n) is 27.0. The zero-order valence-corrected chi connectivity index (χ0v) is 58.3. The van der Waals surface area contributed by atoms with Gasteiger partial charge in [-0.3, -0.25) is 9.59 Å². The molecule has 0 radical (unpaired) electrons. The number of ether oxygens (including phenoxy) is 1. The third-order valence-electron chi connectivity index (χ3n) is 18.4. The fraction of sp³-hybridized carbons (Fsp3) is 0.900. The number of carbonyl (C=O) groups excluding carboxylic acids is 2. The molecule has 0 aromatic carbocycles. The SMILES string of the molecule is CCCCCCC/C=C\CCCCCCCC(=O)OCCCCCCCCCCCCC/C=C\C/C=C\CCCCCCCCCCCCCCCCCCCC(=O)NC(CO)C(O)CCCCCCCCCCCCCCCCCCCCCC.